The molecule has 3 aromatic rings. The maximum absolute atomic E-state index is 13.0. The van der Waals surface area contributed by atoms with Crippen molar-refractivity contribution >= 4 is 17.4 Å². The van der Waals surface area contributed by atoms with Crippen molar-refractivity contribution in [3.8, 4) is 0 Å². The van der Waals surface area contributed by atoms with E-state index in [2.05, 4.69) is 26.7 Å². The third-order valence-electron chi connectivity index (χ3n) is 5.50. The molecule has 1 atom stereocenters. The zero-order chi connectivity index (χ0) is 24.5. The zero-order valence-electron chi connectivity index (χ0n) is 19.2. The molecule has 0 unspecified atom stereocenters. The monoisotopic (exact) mass is 476 g/mol. The molecule has 1 aliphatic heterocycles. The maximum Gasteiger partial charge on any atom is 0.232 e. The van der Waals surface area contributed by atoms with Crippen molar-refractivity contribution in [1.82, 2.24) is 21.4 Å². The van der Waals surface area contributed by atoms with Crippen LogP contribution in [0, 0.1) is 5.82 Å². The highest BCUT2D eigenvalue weighted by Crippen LogP contribution is 2.13. The average Bonchev–Trinajstić information content (AvgIpc) is 3.31. The average molecular weight is 477 g/mol. The van der Waals surface area contributed by atoms with Crippen molar-refractivity contribution in [1.29, 1.82) is 0 Å². The number of hydrogen-bond donors (Lipinski definition) is 5. The normalized spacial score (nSPS) is 14.1. The third-order valence-corrected chi connectivity index (χ3v) is 5.50. The molecule has 4 rings (SSSR count). The Kier molecular flexibility index (Phi) is 8.39. The fourth-order valence-electron chi connectivity index (χ4n) is 3.63. The number of anilines is 1. The molecule has 9 heteroatoms. The van der Waals surface area contributed by atoms with Gasteiger partial charge in [-0.3, -0.25) is 10.2 Å². The SMILES string of the molecule is O=C(CC1=NNN(Cc2ccc(F)cc2)N1)Nc1ccc(CCNC[C@H](O)c2ccccc2)cc1. The van der Waals surface area contributed by atoms with Crippen LogP contribution >= 0.6 is 0 Å². The van der Waals surface area contributed by atoms with Gasteiger partial charge in [0.1, 0.15) is 11.7 Å². The molecular weight excluding hydrogens is 447 g/mol. The minimum absolute atomic E-state index is 0.0856. The molecule has 0 aromatic heterocycles. The molecule has 0 bridgehead atoms. The Morgan fingerprint density at radius 3 is 2.46 bits per heavy atom. The Labute approximate surface area is 203 Å². The number of aliphatic hydroxyl groups excluding tert-OH is 1. The number of aliphatic hydroxyl groups is 1. The number of carbonyl (C=O) groups is 1. The summed E-state index contributed by atoms with van der Waals surface area (Å²) in [6.07, 6.45) is 0.367. The van der Waals surface area contributed by atoms with Gasteiger partial charge in [0.05, 0.1) is 19.1 Å². The van der Waals surface area contributed by atoms with Crippen molar-refractivity contribution in [2.24, 2.45) is 5.10 Å². The number of amidine groups is 1. The number of hydrazone groups is 1. The molecule has 0 aliphatic carbocycles. The number of hydrazine groups is 2. The van der Waals surface area contributed by atoms with Crippen LogP contribution in [0.5, 0.6) is 0 Å². The number of hydrogen-bond acceptors (Lipinski definition) is 7. The largest absolute Gasteiger partial charge is 0.387 e. The second kappa shape index (κ2) is 12.1. The highest BCUT2D eigenvalue weighted by atomic mass is 19.1. The topological polar surface area (TPSA) is 101 Å². The first-order chi connectivity index (χ1) is 17.0. The van der Waals surface area contributed by atoms with E-state index < -0.39 is 6.10 Å². The van der Waals surface area contributed by atoms with E-state index >= 15 is 0 Å². The second-order valence-corrected chi connectivity index (χ2v) is 8.29. The Bertz CT molecular complexity index is 1120. The number of nitrogens with zero attached hydrogens (tertiary/aromatic N) is 2. The Hall–Kier alpha value is -3.79. The highest BCUT2D eigenvalue weighted by Gasteiger charge is 2.17. The van der Waals surface area contributed by atoms with Crippen LogP contribution in [0.25, 0.3) is 0 Å². The number of rotatable bonds is 11. The highest BCUT2D eigenvalue weighted by molar-refractivity contribution is 6.05. The first-order valence-corrected chi connectivity index (χ1v) is 11.5. The van der Waals surface area contributed by atoms with Gasteiger partial charge in [-0.1, -0.05) is 54.6 Å². The summed E-state index contributed by atoms with van der Waals surface area (Å²) < 4.78 is 13.0. The Balaban J connectivity index is 1.14. The van der Waals surface area contributed by atoms with Crippen LogP contribution in [0.15, 0.2) is 84.0 Å². The first-order valence-electron chi connectivity index (χ1n) is 11.5. The van der Waals surface area contributed by atoms with Crippen LogP contribution < -0.4 is 21.6 Å². The summed E-state index contributed by atoms with van der Waals surface area (Å²) in [5, 5.41) is 22.1. The van der Waals surface area contributed by atoms with Gasteiger partial charge in [0.2, 0.25) is 5.91 Å². The molecule has 5 N–H and O–H groups in total. The van der Waals surface area contributed by atoms with E-state index in [-0.39, 0.29) is 18.1 Å². The number of benzene rings is 3. The maximum atomic E-state index is 13.0. The predicted molar refractivity (Wildman–Crippen MR) is 133 cm³/mol. The quantitative estimate of drug-likeness (QED) is 0.273. The van der Waals surface area contributed by atoms with E-state index in [0.717, 1.165) is 29.7 Å². The summed E-state index contributed by atoms with van der Waals surface area (Å²) in [5.41, 5.74) is 9.46. The fraction of sp³-hybridized carbons (Fsp3) is 0.231. The molecule has 182 valence electrons. The van der Waals surface area contributed by atoms with Crippen LogP contribution in [0.2, 0.25) is 0 Å². The summed E-state index contributed by atoms with van der Waals surface area (Å²) in [4.78, 5) is 12.4. The van der Waals surface area contributed by atoms with Crippen molar-refractivity contribution in [3.63, 3.8) is 0 Å². The third kappa shape index (κ3) is 7.61. The van der Waals surface area contributed by atoms with Gasteiger partial charge in [-0.05, 0) is 53.9 Å². The standard InChI is InChI=1S/C26H29FN6O2/c27-22-10-6-20(7-11-22)18-33-31-25(30-32-33)16-26(35)29-23-12-8-19(9-13-23)14-15-28-17-24(34)21-4-2-1-3-5-21/h1-13,24,28,32,34H,14-18H2,(H,29,35)(H,30,31)/t24-/m0/s1. The number of halogens is 1. The van der Waals surface area contributed by atoms with E-state index in [0.29, 0.717) is 24.6 Å². The summed E-state index contributed by atoms with van der Waals surface area (Å²) >= 11 is 0. The molecule has 35 heavy (non-hydrogen) atoms. The van der Waals surface area contributed by atoms with Crippen molar-refractivity contribution in [2.45, 2.75) is 25.5 Å². The van der Waals surface area contributed by atoms with Crippen molar-refractivity contribution in [3.05, 3.63) is 101 Å². The van der Waals surface area contributed by atoms with E-state index in [4.69, 9.17) is 0 Å². The van der Waals surface area contributed by atoms with E-state index in [1.165, 1.54) is 12.1 Å². The van der Waals surface area contributed by atoms with Crippen molar-refractivity contribution < 1.29 is 14.3 Å². The lowest BCUT2D eigenvalue weighted by molar-refractivity contribution is -0.115. The van der Waals surface area contributed by atoms with Crippen LogP contribution in [0.1, 0.15) is 29.2 Å². The first kappa shape index (κ1) is 24.3. The van der Waals surface area contributed by atoms with Crippen LogP contribution in [-0.2, 0) is 17.8 Å². The molecule has 1 amide bonds. The summed E-state index contributed by atoms with van der Waals surface area (Å²) in [5.74, 6) is 0.0177. The van der Waals surface area contributed by atoms with Gasteiger partial charge in [0, 0.05) is 12.2 Å². The van der Waals surface area contributed by atoms with Crippen LogP contribution in [-0.4, -0.2) is 35.1 Å². The van der Waals surface area contributed by atoms with Gasteiger partial charge in [0.25, 0.3) is 0 Å². The molecule has 0 spiro atoms. The predicted octanol–water partition coefficient (Wildman–Crippen LogP) is 2.86. The number of nitrogens with one attached hydrogen (secondary N) is 4. The smallest absolute Gasteiger partial charge is 0.232 e. The molecule has 0 saturated carbocycles. The number of carbonyl (C=O) groups excluding carboxylic acids is 1. The van der Waals surface area contributed by atoms with Gasteiger partial charge >= 0.3 is 0 Å². The Morgan fingerprint density at radius 2 is 1.71 bits per heavy atom. The van der Waals surface area contributed by atoms with E-state index in [9.17, 15) is 14.3 Å². The molecule has 0 radical (unpaired) electrons. The molecule has 8 nitrogen and oxygen atoms in total. The van der Waals surface area contributed by atoms with Gasteiger partial charge in [-0.2, -0.15) is 0 Å². The summed E-state index contributed by atoms with van der Waals surface area (Å²) in [6, 6.07) is 23.5. The number of amides is 1. The van der Waals surface area contributed by atoms with Gasteiger partial charge in [-0.25, -0.2) is 9.93 Å². The minimum atomic E-state index is -0.530. The zero-order valence-corrected chi connectivity index (χ0v) is 19.2. The Morgan fingerprint density at radius 1 is 1.00 bits per heavy atom. The van der Waals surface area contributed by atoms with Crippen molar-refractivity contribution in [2.75, 3.05) is 18.4 Å². The van der Waals surface area contributed by atoms with E-state index in [1.54, 1.807) is 17.3 Å². The van der Waals surface area contributed by atoms with Crippen LogP contribution in [0.3, 0.4) is 0 Å². The molecule has 1 aliphatic rings. The lowest BCUT2D eigenvalue weighted by Gasteiger charge is -2.15. The molecular formula is C26H29FN6O2. The summed E-state index contributed by atoms with van der Waals surface area (Å²) in [6.45, 7) is 1.69. The minimum Gasteiger partial charge on any atom is -0.387 e. The van der Waals surface area contributed by atoms with Crippen LogP contribution in [0.4, 0.5) is 10.1 Å². The molecule has 1 heterocycles. The lowest BCUT2D eigenvalue weighted by Crippen LogP contribution is -2.41. The van der Waals surface area contributed by atoms with Gasteiger partial charge < -0.3 is 15.7 Å². The van der Waals surface area contributed by atoms with E-state index in [1.807, 2.05) is 54.6 Å². The van der Waals surface area contributed by atoms with Gasteiger partial charge in [-0.15, -0.1) is 10.2 Å². The fourth-order valence-corrected chi connectivity index (χ4v) is 3.63. The lowest BCUT2D eigenvalue weighted by atomic mass is 10.1. The second-order valence-electron chi connectivity index (χ2n) is 8.29. The molecule has 0 fully saturated rings. The molecule has 0 saturated heterocycles. The molecule has 3 aromatic carbocycles. The van der Waals surface area contributed by atoms with Gasteiger partial charge in [0.15, 0.2) is 0 Å². The summed E-state index contributed by atoms with van der Waals surface area (Å²) in [7, 11) is 0.